The van der Waals surface area contributed by atoms with E-state index in [1.165, 1.54) is 4.90 Å². The van der Waals surface area contributed by atoms with Crippen LogP contribution in [0.3, 0.4) is 0 Å². The van der Waals surface area contributed by atoms with Gasteiger partial charge in [0.1, 0.15) is 0 Å². The lowest BCUT2D eigenvalue weighted by atomic mass is 9.87. The third-order valence-electron chi connectivity index (χ3n) is 5.79. The van der Waals surface area contributed by atoms with Crippen molar-refractivity contribution in [2.24, 2.45) is 0 Å². The van der Waals surface area contributed by atoms with Crippen LogP contribution in [-0.4, -0.2) is 24.9 Å². The second-order valence-electron chi connectivity index (χ2n) is 8.32. The summed E-state index contributed by atoms with van der Waals surface area (Å²) in [7, 11) is 1.64. The lowest BCUT2D eigenvalue weighted by Crippen LogP contribution is -2.55. The standard InChI is InChI=1S/C26H26N4O3/c1-17-8-12-19(13-9-17)27-23(31)16-26(21-6-4-5-7-22(21)30(3)24(26)32)29-25(33)28-20-14-10-18(2)11-15-20/h4-15H,16H2,1-3H3,(H,27,31)(H2,28,29,33). The van der Waals surface area contributed by atoms with Crippen LogP contribution >= 0.6 is 0 Å². The molecule has 3 N–H and O–H groups in total. The van der Waals surface area contributed by atoms with E-state index in [1.54, 1.807) is 49.5 Å². The molecule has 7 nitrogen and oxygen atoms in total. The third-order valence-corrected chi connectivity index (χ3v) is 5.79. The molecule has 0 saturated heterocycles. The van der Waals surface area contributed by atoms with Gasteiger partial charge in [0, 0.05) is 29.7 Å². The Morgan fingerprint density at radius 3 is 1.97 bits per heavy atom. The Kier molecular flexibility index (Phi) is 5.87. The molecule has 4 rings (SSSR count). The fourth-order valence-corrected chi connectivity index (χ4v) is 4.05. The molecule has 1 heterocycles. The van der Waals surface area contributed by atoms with Gasteiger partial charge in [0.15, 0.2) is 5.54 Å². The highest BCUT2D eigenvalue weighted by atomic mass is 16.2. The Morgan fingerprint density at radius 1 is 0.818 bits per heavy atom. The number of hydrogen-bond acceptors (Lipinski definition) is 3. The number of rotatable bonds is 5. The fourth-order valence-electron chi connectivity index (χ4n) is 4.05. The molecular formula is C26H26N4O3. The van der Waals surface area contributed by atoms with Crippen molar-refractivity contribution in [3.63, 3.8) is 0 Å². The lowest BCUT2D eigenvalue weighted by Gasteiger charge is -2.29. The molecule has 7 heteroatoms. The van der Waals surface area contributed by atoms with Crippen LogP contribution in [0.15, 0.2) is 72.8 Å². The maximum absolute atomic E-state index is 13.5. The van der Waals surface area contributed by atoms with Gasteiger partial charge in [-0.25, -0.2) is 4.79 Å². The summed E-state index contributed by atoms with van der Waals surface area (Å²) in [5.74, 6) is -0.755. The average molecular weight is 443 g/mol. The molecular weight excluding hydrogens is 416 g/mol. The number of para-hydroxylation sites is 1. The van der Waals surface area contributed by atoms with E-state index in [-0.39, 0.29) is 18.2 Å². The second kappa shape index (κ2) is 8.78. The first-order chi connectivity index (χ1) is 15.8. The second-order valence-corrected chi connectivity index (χ2v) is 8.32. The lowest BCUT2D eigenvalue weighted by molar-refractivity contribution is -0.128. The van der Waals surface area contributed by atoms with Crippen molar-refractivity contribution in [1.29, 1.82) is 0 Å². The van der Waals surface area contributed by atoms with E-state index >= 15 is 0 Å². The molecule has 1 aliphatic rings. The normalized spacial score (nSPS) is 16.8. The van der Waals surface area contributed by atoms with Crippen LogP contribution in [0.4, 0.5) is 21.9 Å². The molecule has 0 spiro atoms. The van der Waals surface area contributed by atoms with Crippen LogP contribution < -0.4 is 20.9 Å². The summed E-state index contributed by atoms with van der Waals surface area (Å²) >= 11 is 0. The van der Waals surface area contributed by atoms with Crippen molar-refractivity contribution < 1.29 is 14.4 Å². The monoisotopic (exact) mass is 442 g/mol. The summed E-state index contributed by atoms with van der Waals surface area (Å²) in [4.78, 5) is 40.9. The van der Waals surface area contributed by atoms with Crippen molar-refractivity contribution in [1.82, 2.24) is 5.32 Å². The van der Waals surface area contributed by atoms with Gasteiger partial charge in [-0.3, -0.25) is 9.59 Å². The molecule has 4 amide bonds. The van der Waals surface area contributed by atoms with Gasteiger partial charge < -0.3 is 20.9 Å². The minimum atomic E-state index is -1.53. The molecule has 33 heavy (non-hydrogen) atoms. The molecule has 0 bridgehead atoms. The number of carbonyl (C=O) groups excluding carboxylic acids is 3. The molecule has 1 aliphatic heterocycles. The number of nitrogens with zero attached hydrogens (tertiary/aromatic N) is 1. The molecule has 0 aliphatic carbocycles. The van der Waals surface area contributed by atoms with E-state index < -0.39 is 11.6 Å². The Labute approximate surface area is 192 Å². The van der Waals surface area contributed by atoms with Gasteiger partial charge in [0.2, 0.25) is 5.91 Å². The summed E-state index contributed by atoms with van der Waals surface area (Å²) in [6, 6.07) is 21.3. The maximum atomic E-state index is 13.5. The predicted octanol–water partition coefficient (Wildman–Crippen LogP) is 4.33. The van der Waals surface area contributed by atoms with Crippen molar-refractivity contribution in [2.45, 2.75) is 25.8 Å². The number of hydrogen-bond donors (Lipinski definition) is 3. The quantitative estimate of drug-likeness (QED) is 0.549. The van der Waals surface area contributed by atoms with E-state index in [9.17, 15) is 14.4 Å². The van der Waals surface area contributed by atoms with Crippen LogP contribution in [0.25, 0.3) is 0 Å². The van der Waals surface area contributed by atoms with E-state index in [2.05, 4.69) is 16.0 Å². The topological polar surface area (TPSA) is 90.5 Å². The smallest absolute Gasteiger partial charge is 0.320 e. The zero-order valence-corrected chi connectivity index (χ0v) is 18.8. The largest absolute Gasteiger partial charge is 0.326 e. The van der Waals surface area contributed by atoms with Crippen molar-refractivity contribution in [3.05, 3.63) is 89.5 Å². The van der Waals surface area contributed by atoms with E-state index in [4.69, 9.17) is 0 Å². The van der Waals surface area contributed by atoms with Gasteiger partial charge in [-0.2, -0.15) is 0 Å². The number of urea groups is 1. The molecule has 1 atom stereocenters. The zero-order valence-electron chi connectivity index (χ0n) is 18.8. The minimum Gasteiger partial charge on any atom is -0.326 e. The molecule has 168 valence electrons. The molecule has 0 aromatic heterocycles. The summed E-state index contributed by atoms with van der Waals surface area (Å²) in [5, 5.41) is 8.41. The van der Waals surface area contributed by atoms with Gasteiger partial charge in [0.25, 0.3) is 5.91 Å². The minimum absolute atomic E-state index is 0.248. The van der Waals surface area contributed by atoms with E-state index in [1.807, 2.05) is 44.2 Å². The Morgan fingerprint density at radius 2 is 1.36 bits per heavy atom. The van der Waals surface area contributed by atoms with E-state index in [0.29, 0.717) is 22.6 Å². The van der Waals surface area contributed by atoms with Gasteiger partial charge in [0.05, 0.1) is 6.42 Å². The molecule has 0 fully saturated rings. The average Bonchev–Trinajstić information content (AvgIpc) is 2.99. The number of carbonyl (C=O) groups is 3. The van der Waals surface area contributed by atoms with Gasteiger partial charge in [-0.15, -0.1) is 0 Å². The highest BCUT2D eigenvalue weighted by Crippen LogP contribution is 2.41. The number of anilines is 3. The highest BCUT2D eigenvalue weighted by Gasteiger charge is 2.52. The number of benzene rings is 3. The highest BCUT2D eigenvalue weighted by molar-refractivity contribution is 6.12. The third kappa shape index (κ3) is 4.43. The van der Waals surface area contributed by atoms with Crippen LogP contribution in [0, 0.1) is 13.8 Å². The van der Waals surface area contributed by atoms with Gasteiger partial charge in [-0.05, 0) is 44.2 Å². The first-order valence-corrected chi connectivity index (χ1v) is 10.7. The number of likely N-dealkylation sites (N-methyl/N-ethyl adjacent to an activating group) is 1. The molecule has 0 radical (unpaired) electrons. The Balaban J connectivity index is 1.63. The molecule has 3 aromatic carbocycles. The first-order valence-electron chi connectivity index (χ1n) is 10.7. The van der Waals surface area contributed by atoms with Crippen LogP contribution in [-0.2, 0) is 15.1 Å². The maximum Gasteiger partial charge on any atom is 0.320 e. The van der Waals surface area contributed by atoms with Crippen molar-refractivity contribution in [3.8, 4) is 0 Å². The summed E-state index contributed by atoms with van der Waals surface area (Å²) in [6.45, 7) is 3.91. The van der Waals surface area contributed by atoms with Crippen LogP contribution in [0.5, 0.6) is 0 Å². The fraction of sp³-hybridized carbons (Fsp3) is 0.192. The molecule has 3 aromatic rings. The van der Waals surface area contributed by atoms with Crippen molar-refractivity contribution in [2.75, 3.05) is 22.6 Å². The van der Waals surface area contributed by atoms with E-state index in [0.717, 1.165) is 11.1 Å². The molecule has 0 saturated carbocycles. The summed E-state index contributed by atoms with van der Waals surface area (Å²) in [6.07, 6.45) is -0.248. The van der Waals surface area contributed by atoms with Gasteiger partial charge >= 0.3 is 6.03 Å². The summed E-state index contributed by atoms with van der Waals surface area (Å²) in [5.41, 5.74) is 3.04. The number of fused-ring (bicyclic) bond motifs is 1. The van der Waals surface area contributed by atoms with Gasteiger partial charge in [-0.1, -0.05) is 53.6 Å². The number of nitrogens with one attached hydrogen (secondary N) is 3. The SMILES string of the molecule is Cc1ccc(NC(=O)CC2(NC(=O)Nc3ccc(C)cc3)C(=O)N(C)c3ccccc32)cc1. The predicted molar refractivity (Wildman–Crippen MR) is 129 cm³/mol. The van der Waals surface area contributed by atoms with Crippen LogP contribution in [0.2, 0.25) is 0 Å². The summed E-state index contributed by atoms with van der Waals surface area (Å²) < 4.78 is 0. The molecule has 1 unspecified atom stereocenters. The Hall–Kier alpha value is -4.13. The van der Waals surface area contributed by atoms with Crippen LogP contribution in [0.1, 0.15) is 23.1 Å². The number of aryl methyl sites for hydroxylation is 2. The first kappa shape index (κ1) is 22.1. The number of amides is 4. The zero-order chi connectivity index (χ0) is 23.6. The van der Waals surface area contributed by atoms with Crippen molar-refractivity contribution >= 4 is 34.9 Å². The Bertz CT molecular complexity index is 1140.